The Kier molecular flexibility index (Phi) is 8.10. The third kappa shape index (κ3) is 5.57. The van der Waals surface area contributed by atoms with Crippen LogP contribution in [0, 0.1) is 11.6 Å². The van der Waals surface area contributed by atoms with Gasteiger partial charge in [-0.05, 0) is 84.8 Å². The van der Waals surface area contributed by atoms with E-state index in [0.29, 0.717) is 53.5 Å². The summed E-state index contributed by atoms with van der Waals surface area (Å²) in [7, 11) is 0. The van der Waals surface area contributed by atoms with Gasteiger partial charge in [-0.15, -0.1) is 0 Å². The number of aromatic hydroxyl groups is 1. The van der Waals surface area contributed by atoms with Crippen LogP contribution in [0.5, 0.6) is 11.8 Å². The maximum atomic E-state index is 16.7. The topological polar surface area (TPSA) is 96.3 Å². The lowest BCUT2D eigenvalue weighted by Gasteiger charge is -2.30. The first-order valence-electron chi connectivity index (χ1n) is 15.8. The van der Waals surface area contributed by atoms with Gasteiger partial charge < -0.3 is 15.2 Å². The summed E-state index contributed by atoms with van der Waals surface area (Å²) in [6.45, 7) is 3.74. The lowest BCUT2D eigenvalue weighted by Crippen LogP contribution is -2.43. The van der Waals surface area contributed by atoms with E-state index in [9.17, 15) is 13.9 Å². The van der Waals surface area contributed by atoms with Crippen molar-refractivity contribution in [1.29, 1.82) is 0 Å². The molecule has 3 aromatic heterocycles. The number of phenolic OH excluding ortho intramolecular Hbond substituents is 1. The standard InChI is InChI=1S/C35H35F3N6O2/c1-2-25-28(37)9-8-22-14-24(45)15-26(29(22)25)31-30(38)32-27(18-41-31)33(40-12-4-7-21-6-3-11-39-17-21)43-34(42-32)46-20-35-10-5-13-44(35)19-23(36)16-35/h3,6,8-9,11,14-15,17-18,23,45H,2,4-5,7,10,12-13,16,19-20H2,1H3,(H,40,42,43)/t23-,35+/m1/s1. The number of anilines is 1. The molecule has 2 aliphatic rings. The minimum absolute atomic E-state index is 0.0220. The van der Waals surface area contributed by atoms with E-state index in [1.807, 2.05) is 25.3 Å². The molecule has 5 heterocycles. The van der Waals surface area contributed by atoms with Crippen LogP contribution < -0.4 is 10.1 Å². The Bertz CT molecular complexity index is 1910. The summed E-state index contributed by atoms with van der Waals surface area (Å²) in [5.41, 5.74) is 1.24. The summed E-state index contributed by atoms with van der Waals surface area (Å²) >= 11 is 0. The van der Waals surface area contributed by atoms with E-state index in [1.165, 1.54) is 24.4 Å². The van der Waals surface area contributed by atoms with Crippen LogP contribution >= 0.6 is 0 Å². The number of hydrogen-bond acceptors (Lipinski definition) is 8. The predicted molar refractivity (Wildman–Crippen MR) is 171 cm³/mol. The second-order valence-electron chi connectivity index (χ2n) is 12.3. The van der Waals surface area contributed by atoms with Crippen molar-refractivity contribution in [2.24, 2.45) is 0 Å². The van der Waals surface area contributed by atoms with Gasteiger partial charge in [-0.2, -0.15) is 9.97 Å². The molecule has 2 aromatic carbocycles. The number of halogens is 3. The molecule has 0 radical (unpaired) electrons. The number of fused-ring (bicyclic) bond motifs is 3. The second kappa shape index (κ2) is 12.4. The molecule has 46 heavy (non-hydrogen) atoms. The Morgan fingerprint density at radius 3 is 2.87 bits per heavy atom. The van der Waals surface area contributed by atoms with Crippen LogP contribution in [0.4, 0.5) is 19.0 Å². The highest BCUT2D eigenvalue weighted by molar-refractivity contribution is 6.01. The number of nitrogens with one attached hydrogen (secondary N) is 1. The fourth-order valence-electron chi connectivity index (χ4n) is 7.15. The first-order chi connectivity index (χ1) is 22.3. The molecular weight excluding hydrogens is 593 g/mol. The maximum absolute atomic E-state index is 16.7. The summed E-state index contributed by atoms with van der Waals surface area (Å²) in [6.07, 6.45) is 8.18. The van der Waals surface area contributed by atoms with Crippen molar-refractivity contribution in [3.8, 4) is 23.0 Å². The van der Waals surface area contributed by atoms with Crippen molar-refractivity contribution >= 4 is 27.5 Å². The van der Waals surface area contributed by atoms with Gasteiger partial charge in [0, 0.05) is 43.7 Å². The SMILES string of the molecule is CCc1c(F)ccc2cc(O)cc(-c3ncc4c(NCCCc5cccnc5)nc(OC[C@@]56CCCN5C[C@H](F)C6)nc4c3F)c12. The number of benzene rings is 2. The van der Waals surface area contributed by atoms with E-state index in [-0.39, 0.29) is 35.1 Å². The molecule has 0 aliphatic carbocycles. The number of nitrogens with zero attached hydrogens (tertiary/aromatic N) is 5. The van der Waals surface area contributed by atoms with Gasteiger partial charge in [0.25, 0.3) is 0 Å². The summed E-state index contributed by atoms with van der Waals surface area (Å²) in [5.74, 6) is -0.891. The number of hydrogen-bond donors (Lipinski definition) is 2. The Hall–Kier alpha value is -4.51. The number of rotatable bonds is 10. The van der Waals surface area contributed by atoms with Crippen LogP contribution in [-0.2, 0) is 12.8 Å². The molecular formula is C35H35F3N6O2. The highest BCUT2D eigenvalue weighted by Gasteiger charge is 2.49. The Morgan fingerprint density at radius 2 is 2.04 bits per heavy atom. The molecule has 11 heteroatoms. The minimum Gasteiger partial charge on any atom is -0.508 e. The van der Waals surface area contributed by atoms with E-state index >= 15 is 4.39 Å². The van der Waals surface area contributed by atoms with Gasteiger partial charge in [0.05, 0.1) is 10.9 Å². The number of ether oxygens (including phenoxy) is 1. The van der Waals surface area contributed by atoms with E-state index < -0.39 is 23.3 Å². The molecule has 0 saturated carbocycles. The summed E-state index contributed by atoms with van der Waals surface area (Å²) in [4.78, 5) is 19.9. The van der Waals surface area contributed by atoms with Crippen molar-refractivity contribution < 1.29 is 23.0 Å². The molecule has 0 bridgehead atoms. The second-order valence-corrected chi connectivity index (χ2v) is 12.3. The average Bonchev–Trinajstić information content (AvgIpc) is 3.58. The average molecular weight is 629 g/mol. The fourth-order valence-corrected chi connectivity index (χ4v) is 7.15. The van der Waals surface area contributed by atoms with Crippen LogP contribution in [0.3, 0.4) is 0 Å². The summed E-state index contributed by atoms with van der Waals surface area (Å²) < 4.78 is 52.1. The molecule has 0 spiro atoms. The summed E-state index contributed by atoms with van der Waals surface area (Å²) in [5, 5.41) is 15.2. The highest BCUT2D eigenvalue weighted by Crippen LogP contribution is 2.41. The van der Waals surface area contributed by atoms with Crippen molar-refractivity contribution in [3.63, 3.8) is 0 Å². The zero-order valence-electron chi connectivity index (χ0n) is 25.6. The van der Waals surface area contributed by atoms with Crippen LogP contribution in [0.1, 0.15) is 43.7 Å². The molecule has 5 aromatic rings. The number of pyridine rings is 2. The van der Waals surface area contributed by atoms with Gasteiger partial charge in [-0.25, -0.2) is 13.2 Å². The predicted octanol–water partition coefficient (Wildman–Crippen LogP) is 6.79. The van der Waals surface area contributed by atoms with E-state index in [2.05, 4.69) is 30.2 Å². The molecule has 0 unspecified atom stereocenters. The van der Waals surface area contributed by atoms with Gasteiger partial charge in [-0.1, -0.05) is 19.1 Å². The van der Waals surface area contributed by atoms with Crippen molar-refractivity contribution in [3.05, 3.63) is 77.8 Å². The molecule has 2 fully saturated rings. The molecule has 0 amide bonds. The number of alkyl halides is 1. The van der Waals surface area contributed by atoms with E-state index in [0.717, 1.165) is 37.8 Å². The zero-order chi connectivity index (χ0) is 31.8. The van der Waals surface area contributed by atoms with E-state index in [1.54, 1.807) is 12.3 Å². The molecule has 2 atom stereocenters. The van der Waals surface area contributed by atoms with Crippen LogP contribution in [0.15, 0.2) is 55.0 Å². The zero-order valence-corrected chi connectivity index (χ0v) is 25.6. The van der Waals surface area contributed by atoms with E-state index in [4.69, 9.17) is 4.74 Å². The first-order valence-corrected chi connectivity index (χ1v) is 15.8. The quantitative estimate of drug-likeness (QED) is 0.163. The van der Waals surface area contributed by atoms with Gasteiger partial charge in [-0.3, -0.25) is 14.9 Å². The third-order valence-corrected chi connectivity index (χ3v) is 9.31. The lowest BCUT2D eigenvalue weighted by atomic mass is 9.94. The van der Waals surface area contributed by atoms with Gasteiger partial charge >= 0.3 is 6.01 Å². The lowest BCUT2D eigenvalue weighted by molar-refractivity contribution is 0.107. The monoisotopic (exact) mass is 628 g/mol. The first kappa shape index (κ1) is 30.2. The number of aromatic nitrogens is 4. The van der Waals surface area contributed by atoms with Crippen molar-refractivity contribution in [2.75, 3.05) is 31.6 Å². The molecule has 7 rings (SSSR count). The van der Waals surface area contributed by atoms with Crippen LogP contribution in [-0.4, -0.2) is 67.9 Å². The Labute approximate surface area is 264 Å². The van der Waals surface area contributed by atoms with Gasteiger partial charge in [0.1, 0.15) is 41.4 Å². The molecule has 238 valence electrons. The Morgan fingerprint density at radius 1 is 1.15 bits per heavy atom. The normalized spacial score (nSPS) is 19.6. The molecule has 2 N–H and O–H groups in total. The van der Waals surface area contributed by atoms with Gasteiger partial charge in [0.2, 0.25) is 0 Å². The number of aryl methyl sites for hydroxylation is 2. The third-order valence-electron chi connectivity index (χ3n) is 9.31. The Balaban J connectivity index is 1.28. The molecule has 8 nitrogen and oxygen atoms in total. The minimum atomic E-state index is -0.917. The van der Waals surface area contributed by atoms with Crippen LogP contribution in [0.25, 0.3) is 32.9 Å². The highest BCUT2D eigenvalue weighted by atomic mass is 19.1. The summed E-state index contributed by atoms with van der Waals surface area (Å²) in [6, 6.07) is 9.71. The van der Waals surface area contributed by atoms with Gasteiger partial charge in [0.15, 0.2) is 5.82 Å². The maximum Gasteiger partial charge on any atom is 0.319 e. The van der Waals surface area contributed by atoms with Crippen molar-refractivity contribution in [1.82, 2.24) is 24.8 Å². The van der Waals surface area contributed by atoms with Crippen LogP contribution in [0.2, 0.25) is 0 Å². The molecule has 2 aliphatic heterocycles. The van der Waals surface area contributed by atoms with Crippen molar-refractivity contribution in [2.45, 2.75) is 57.2 Å². The number of phenols is 1. The fraction of sp³-hybridized carbons (Fsp3) is 0.371. The molecule has 2 saturated heterocycles. The largest absolute Gasteiger partial charge is 0.508 e. The smallest absolute Gasteiger partial charge is 0.319 e.